The first kappa shape index (κ1) is 11.2. The summed E-state index contributed by atoms with van der Waals surface area (Å²) in [7, 11) is 0. The van der Waals surface area contributed by atoms with E-state index in [-0.39, 0.29) is 0 Å². The Balaban J connectivity index is 2.25. The second-order valence-electron chi connectivity index (χ2n) is 4.85. The van der Waals surface area contributed by atoms with Crippen molar-refractivity contribution in [1.29, 1.82) is 0 Å². The molecule has 1 heterocycles. The fourth-order valence-corrected chi connectivity index (χ4v) is 2.28. The Kier molecular flexibility index (Phi) is 3.28. The van der Waals surface area contributed by atoms with Gasteiger partial charge in [0.2, 0.25) is 0 Å². The second kappa shape index (κ2) is 4.69. The Labute approximate surface area is 97.3 Å². The number of anilines is 1. The zero-order chi connectivity index (χ0) is 11.5. The zero-order valence-electron chi connectivity index (χ0n) is 10.1. The predicted molar refractivity (Wildman–Crippen MR) is 67.2 cm³/mol. The smallest absolute Gasteiger partial charge is 0.152 e. The Bertz CT molecular complexity index is 378. The van der Waals surface area contributed by atoms with E-state index in [1.165, 1.54) is 18.4 Å². The van der Waals surface area contributed by atoms with Crippen LogP contribution in [0.25, 0.3) is 0 Å². The van der Waals surface area contributed by atoms with Crippen molar-refractivity contribution in [2.24, 2.45) is 5.92 Å². The molecule has 1 fully saturated rings. The molecule has 1 saturated heterocycles. The molecule has 2 rings (SSSR count). The van der Waals surface area contributed by atoms with Crippen LogP contribution < -0.4 is 4.90 Å². The molecule has 1 aromatic carbocycles. The lowest BCUT2D eigenvalue weighted by Gasteiger charge is -2.33. The molecule has 86 valence electrons. The molecule has 1 aliphatic rings. The van der Waals surface area contributed by atoms with Crippen molar-refractivity contribution in [3.63, 3.8) is 0 Å². The number of hydrogen-bond acceptors (Lipinski definition) is 2. The maximum absolute atomic E-state index is 11.0. The molecule has 0 atom stereocenters. The van der Waals surface area contributed by atoms with E-state index in [2.05, 4.69) is 24.8 Å². The van der Waals surface area contributed by atoms with Crippen molar-refractivity contribution >= 4 is 12.0 Å². The van der Waals surface area contributed by atoms with E-state index >= 15 is 0 Å². The molecule has 2 nitrogen and oxygen atoms in total. The minimum absolute atomic E-state index is 0.820. The highest BCUT2D eigenvalue weighted by atomic mass is 16.1. The molecule has 1 aliphatic heterocycles. The summed E-state index contributed by atoms with van der Waals surface area (Å²) in [4.78, 5) is 13.4. The van der Waals surface area contributed by atoms with E-state index in [0.29, 0.717) is 0 Å². The number of carbonyl (C=O) groups excluding carboxylic acids is 1. The maximum Gasteiger partial charge on any atom is 0.152 e. The maximum atomic E-state index is 11.0. The van der Waals surface area contributed by atoms with Gasteiger partial charge in [-0.05, 0) is 43.4 Å². The lowest BCUT2D eigenvalue weighted by atomic mass is 9.98. The van der Waals surface area contributed by atoms with Crippen LogP contribution in [0.4, 0.5) is 5.69 Å². The van der Waals surface area contributed by atoms with Gasteiger partial charge in [-0.15, -0.1) is 0 Å². The first-order valence-corrected chi connectivity index (χ1v) is 6.01. The fourth-order valence-electron chi connectivity index (χ4n) is 2.28. The zero-order valence-corrected chi connectivity index (χ0v) is 10.1. The summed E-state index contributed by atoms with van der Waals surface area (Å²) in [6, 6.07) is 6.05. The normalized spacial score (nSPS) is 17.5. The van der Waals surface area contributed by atoms with Crippen LogP contribution in [0.5, 0.6) is 0 Å². The average Bonchev–Trinajstić information content (AvgIpc) is 2.30. The highest BCUT2D eigenvalue weighted by Crippen LogP contribution is 2.26. The topological polar surface area (TPSA) is 20.3 Å². The number of benzene rings is 1. The Morgan fingerprint density at radius 1 is 1.31 bits per heavy atom. The molecule has 0 N–H and O–H groups in total. The van der Waals surface area contributed by atoms with Gasteiger partial charge >= 0.3 is 0 Å². The third-order valence-electron chi connectivity index (χ3n) is 3.44. The number of piperidine rings is 1. The van der Waals surface area contributed by atoms with Crippen LogP contribution in [0.1, 0.15) is 35.7 Å². The predicted octanol–water partition coefficient (Wildman–Crippen LogP) is 3.04. The van der Waals surface area contributed by atoms with Crippen LogP contribution in [0.2, 0.25) is 0 Å². The molecule has 2 heteroatoms. The number of aryl methyl sites for hydroxylation is 1. The average molecular weight is 217 g/mol. The monoisotopic (exact) mass is 217 g/mol. The molecule has 0 saturated carbocycles. The second-order valence-corrected chi connectivity index (χ2v) is 4.85. The summed E-state index contributed by atoms with van der Waals surface area (Å²) >= 11 is 0. The molecular weight excluding hydrogens is 198 g/mol. The molecule has 0 bridgehead atoms. The third-order valence-corrected chi connectivity index (χ3v) is 3.44. The number of aldehydes is 1. The number of nitrogens with zero attached hydrogens (tertiary/aromatic N) is 1. The molecule has 0 spiro atoms. The summed E-state index contributed by atoms with van der Waals surface area (Å²) in [5, 5.41) is 0. The van der Waals surface area contributed by atoms with Crippen LogP contribution in [-0.4, -0.2) is 19.4 Å². The van der Waals surface area contributed by atoms with Gasteiger partial charge in [-0.2, -0.15) is 0 Å². The van der Waals surface area contributed by atoms with Crippen molar-refractivity contribution < 1.29 is 4.79 Å². The molecule has 0 amide bonds. The van der Waals surface area contributed by atoms with Crippen molar-refractivity contribution in [1.82, 2.24) is 0 Å². The van der Waals surface area contributed by atoms with Crippen LogP contribution in [0, 0.1) is 12.8 Å². The van der Waals surface area contributed by atoms with E-state index in [1.54, 1.807) is 0 Å². The van der Waals surface area contributed by atoms with Gasteiger partial charge in [-0.1, -0.05) is 13.0 Å². The number of hydrogen-bond donors (Lipinski definition) is 0. The largest absolute Gasteiger partial charge is 0.371 e. The lowest BCUT2D eigenvalue weighted by molar-refractivity contribution is 0.112. The Hall–Kier alpha value is -1.31. The van der Waals surface area contributed by atoms with Crippen LogP contribution in [0.3, 0.4) is 0 Å². The molecule has 1 aromatic rings. The molecule has 0 radical (unpaired) electrons. The van der Waals surface area contributed by atoms with Crippen molar-refractivity contribution in [2.75, 3.05) is 18.0 Å². The summed E-state index contributed by atoms with van der Waals surface area (Å²) in [5.41, 5.74) is 3.15. The minimum Gasteiger partial charge on any atom is -0.371 e. The van der Waals surface area contributed by atoms with Gasteiger partial charge in [-0.3, -0.25) is 4.79 Å². The van der Waals surface area contributed by atoms with Crippen molar-refractivity contribution in [3.05, 3.63) is 29.3 Å². The van der Waals surface area contributed by atoms with Gasteiger partial charge < -0.3 is 4.90 Å². The van der Waals surface area contributed by atoms with Crippen LogP contribution >= 0.6 is 0 Å². The standard InChI is InChI=1S/C14H19NO/c1-11-5-7-15(8-6-11)14-9-12(2)3-4-13(14)10-16/h3-4,9-11H,5-8H2,1-2H3. The van der Waals surface area contributed by atoms with Gasteiger partial charge in [0.05, 0.1) is 0 Å². The molecule has 0 aromatic heterocycles. The van der Waals surface area contributed by atoms with Gasteiger partial charge in [0.1, 0.15) is 0 Å². The summed E-state index contributed by atoms with van der Waals surface area (Å²) in [5.74, 6) is 0.820. The molecule has 16 heavy (non-hydrogen) atoms. The molecule has 0 unspecified atom stereocenters. The van der Waals surface area contributed by atoms with E-state index in [1.807, 2.05) is 12.1 Å². The third kappa shape index (κ3) is 2.26. The quantitative estimate of drug-likeness (QED) is 0.710. The molecule has 0 aliphatic carbocycles. The van der Waals surface area contributed by atoms with Crippen molar-refractivity contribution in [2.45, 2.75) is 26.7 Å². The van der Waals surface area contributed by atoms with E-state index in [0.717, 1.165) is 36.5 Å². The van der Waals surface area contributed by atoms with Gasteiger partial charge in [0, 0.05) is 24.3 Å². The SMILES string of the molecule is Cc1ccc(C=O)c(N2CCC(C)CC2)c1. The van der Waals surface area contributed by atoms with Crippen molar-refractivity contribution in [3.8, 4) is 0 Å². The van der Waals surface area contributed by atoms with Gasteiger partial charge in [0.25, 0.3) is 0 Å². The highest BCUT2D eigenvalue weighted by Gasteiger charge is 2.18. The van der Waals surface area contributed by atoms with Crippen LogP contribution in [0.15, 0.2) is 18.2 Å². The fraction of sp³-hybridized carbons (Fsp3) is 0.500. The van der Waals surface area contributed by atoms with E-state index in [9.17, 15) is 4.79 Å². The summed E-state index contributed by atoms with van der Waals surface area (Å²) < 4.78 is 0. The van der Waals surface area contributed by atoms with E-state index in [4.69, 9.17) is 0 Å². The highest BCUT2D eigenvalue weighted by molar-refractivity contribution is 5.84. The molecular formula is C14H19NO. The Morgan fingerprint density at radius 2 is 2.00 bits per heavy atom. The van der Waals surface area contributed by atoms with Crippen LogP contribution in [-0.2, 0) is 0 Å². The van der Waals surface area contributed by atoms with Gasteiger partial charge in [-0.25, -0.2) is 0 Å². The number of carbonyl (C=O) groups is 1. The lowest BCUT2D eigenvalue weighted by Crippen LogP contribution is -2.33. The number of rotatable bonds is 2. The Morgan fingerprint density at radius 3 is 2.62 bits per heavy atom. The first-order valence-electron chi connectivity index (χ1n) is 6.01. The minimum atomic E-state index is 0.820. The summed E-state index contributed by atoms with van der Waals surface area (Å²) in [6.45, 7) is 6.52. The van der Waals surface area contributed by atoms with E-state index < -0.39 is 0 Å². The summed E-state index contributed by atoms with van der Waals surface area (Å²) in [6.07, 6.45) is 3.42. The van der Waals surface area contributed by atoms with Gasteiger partial charge in [0.15, 0.2) is 6.29 Å². The first-order chi connectivity index (χ1) is 7.70.